The molecule has 1 atom stereocenters. The van der Waals surface area contributed by atoms with Gasteiger partial charge in [-0.2, -0.15) is 0 Å². The Balaban J connectivity index is 2.86. The van der Waals surface area contributed by atoms with Gasteiger partial charge in [-0.05, 0) is 23.9 Å². The van der Waals surface area contributed by atoms with Gasteiger partial charge in [0.25, 0.3) is 0 Å². The van der Waals surface area contributed by atoms with E-state index in [9.17, 15) is 5.11 Å². The average molecular weight is 186 g/mol. The van der Waals surface area contributed by atoms with E-state index in [0.717, 1.165) is 17.0 Å². The summed E-state index contributed by atoms with van der Waals surface area (Å²) in [6, 6.07) is 0. The predicted octanol–water partition coefficient (Wildman–Crippen LogP) is 1.79. The largest absolute Gasteiger partial charge is 0.387 e. The first-order chi connectivity index (χ1) is 5.66. The summed E-state index contributed by atoms with van der Waals surface area (Å²) in [6.45, 7) is 6.00. The molecule has 0 amide bonds. The molecule has 0 aliphatic heterocycles. The number of aliphatic hydroxyl groups is 1. The molecule has 1 aromatic heterocycles. The Morgan fingerprint density at radius 1 is 1.50 bits per heavy atom. The molecule has 68 valence electrons. The van der Waals surface area contributed by atoms with Gasteiger partial charge in [-0.25, -0.2) is 0 Å². The van der Waals surface area contributed by atoms with E-state index in [0.29, 0.717) is 0 Å². The van der Waals surface area contributed by atoms with Crippen molar-refractivity contribution in [2.75, 3.05) is 0 Å². The van der Waals surface area contributed by atoms with Crippen molar-refractivity contribution in [1.82, 2.24) is 9.59 Å². The molecule has 0 aliphatic rings. The quantitative estimate of drug-likeness (QED) is 0.782. The van der Waals surface area contributed by atoms with Crippen LogP contribution in [0.1, 0.15) is 37.4 Å². The standard InChI is InChI=1S/C8H14N2OS/c1-4-6-8(12-10-9-6)7(11)5(2)3/h5,7,11H,4H2,1-3H3. The van der Waals surface area contributed by atoms with Crippen LogP contribution in [0.5, 0.6) is 0 Å². The van der Waals surface area contributed by atoms with Gasteiger partial charge in [0.15, 0.2) is 0 Å². The normalized spacial score (nSPS) is 13.8. The van der Waals surface area contributed by atoms with Crippen molar-refractivity contribution in [1.29, 1.82) is 0 Å². The van der Waals surface area contributed by atoms with E-state index >= 15 is 0 Å². The van der Waals surface area contributed by atoms with Crippen LogP contribution >= 0.6 is 11.5 Å². The van der Waals surface area contributed by atoms with Gasteiger partial charge in [-0.1, -0.05) is 25.3 Å². The second-order valence-electron chi connectivity index (χ2n) is 3.13. The number of aliphatic hydroxyl groups excluding tert-OH is 1. The molecular weight excluding hydrogens is 172 g/mol. The molecule has 0 radical (unpaired) electrons. The van der Waals surface area contributed by atoms with E-state index in [1.807, 2.05) is 20.8 Å². The molecule has 0 aromatic carbocycles. The van der Waals surface area contributed by atoms with E-state index in [-0.39, 0.29) is 5.92 Å². The van der Waals surface area contributed by atoms with Crippen LogP contribution in [0, 0.1) is 5.92 Å². The maximum atomic E-state index is 9.73. The van der Waals surface area contributed by atoms with Gasteiger partial charge in [0.05, 0.1) is 16.7 Å². The number of aromatic nitrogens is 2. The van der Waals surface area contributed by atoms with E-state index in [2.05, 4.69) is 9.59 Å². The fourth-order valence-electron chi connectivity index (χ4n) is 0.988. The van der Waals surface area contributed by atoms with Gasteiger partial charge in [0.2, 0.25) is 0 Å². The van der Waals surface area contributed by atoms with Gasteiger partial charge in [0.1, 0.15) is 0 Å². The highest BCUT2D eigenvalue weighted by Crippen LogP contribution is 2.26. The minimum Gasteiger partial charge on any atom is -0.387 e. The third kappa shape index (κ3) is 1.81. The van der Waals surface area contributed by atoms with Gasteiger partial charge in [-0.15, -0.1) is 5.10 Å². The zero-order valence-electron chi connectivity index (χ0n) is 7.61. The van der Waals surface area contributed by atoms with Gasteiger partial charge in [-0.3, -0.25) is 0 Å². The fraction of sp³-hybridized carbons (Fsp3) is 0.750. The Kier molecular flexibility index (Phi) is 3.17. The Hall–Kier alpha value is -0.480. The van der Waals surface area contributed by atoms with Crippen LogP contribution in [0.15, 0.2) is 0 Å². The summed E-state index contributed by atoms with van der Waals surface area (Å²) < 4.78 is 3.83. The van der Waals surface area contributed by atoms with Crippen molar-refractivity contribution in [2.45, 2.75) is 33.3 Å². The summed E-state index contributed by atoms with van der Waals surface area (Å²) in [5, 5.41) is 13.7. The lowest BCUT2D eigenvalue weighted by Gasteiger charge is -2.12. The number of hydrogen-bond acceptors (Lipinski definition) is 4. The minimum atomic E-state index is -0.403. The Morgan fingerprint density at radius 3 is 2.67 bits per heavy atom. The van der Waals surface area contributed by atoms with Crippen LogP contribution < -0.4 is 0 Å². The third-order valence-electron chi connectivity index (χ3n) is 1.82. The van der Waals surface area contributed by atoms with Crippen LogP contribution in [0.25, 0.3) is 0 Å². The summed E-state index contributed by atoms with van der Waals surface area (Å²) in [5.74, 6) is 0.234. The lowest BCUT2D eigenvalue weighted by Crippen LogP contribution is -2.05. The SMILES string of the molecule is CCc1nnsc1C(O)C(C)C. The molecule has 0 aliphatic carbocycles. The molecule has 0 saturated heterocycles. The van der Waals surface area contributed by atoms with Gasteiger partial charge in [0, 0.05) is 0 Å². The zero-order valence-corrected chi connectivity index (χ0v) is 8.43. The van der Waals surface area contributed by atoms with E-state index in [1.165, 1.54) is 11.5 Å². The van der Waals surface area contributed by atoms with Crippen molar-refractivity contribution in [3.8, 4) is 0 Å². The van der Waals surface area contributed by atoms with Crippen molar-refractivity contribution in [2.24, 2.45) is 5.92 Å². The fourth-order valence-corrected chi connectivity index (χ4v) is 1.89. The molecule has 0 bridgehead atoms. The molecule has 3 nitrogen and oxygen atoms in total. The molecular formula is C8H14N2OS. The highest BCUT2D eigenvalue weighted by molar-refractivity contribution is 7.05. The summed E-state index contributed by atoms with van der Waals surface area (Å²) in [7, 11) is 0. The van der Waals surface area contributed by atoms with E-state index < -0.39 is 6.10 Å². The lowest BCUT2D eigenvalue weighted by molar-refractivity contribution is 0.129. The molecule has 0 fully saturated rings. The average Bonchev–Trinajstić information content (AvgIpc) is 2.49. The molecule has 4 heteroatoms. The maximum Gasteiger partial charge on any atom is 0.0939 e. The molecule has 0 spiro atoms. The molecule has 1 unspecified atom stereocenters. The number of rotatable bonds is 3. The minimum absolute atomic E-state index is 0.234. The first kappa shape index (κ1) is 9.61. The number of hydrogen-bond donors (Lipinski definition) is 1. The van der Waals surface area contributed by atoms with Crippen molar-refractivity contribution < 1.29 is 5.11 Å². The van der Waals surface area contributed by atoms with Crippen molar-refractivity contribution in [3.63, 3.8) is 0 Å². The van der Waals surface area contributed by atoms with Crippen LogP contribution in [-0.4, -0.2) is 14.7 Å². The number of nitrogens with zero attached hydrogens (tertiary/aromatic N) is 2. The predicted molar refractivity (Wildman–Crippen MR) is 49.1 cm³/mol. The maximum absolute atomic E-state index is 9.73. The Morgan fingerprint density at radius 2 is 2.17 bits per heavy atom. The van der Waals surface area contributed by atoms with Crippen molar-refractivity contribution in [3.05, 3.63) is 10.6 Å². The van der Waals surface area contributed by atoms with Gasteiger partial charge >= 0.3 is 0 Å². The molecule has 1 N–H and O–H groups in total. The highest BCUT2D eigenvalue weighted by atomic mass is 32.1. The molecule has 0 saturated carbocycles. The van der Waals surface area contributed by atoms with Gasteiger partial charge < -0.3 is 5.11 Å². The summed E-state index contributed by atoms with van der Waals surface area (Å²) in [4.78, 5) is 0.924. The first-order valence-electron chi connectivity index (χ1n) is 4.16. The lowest BCUT2D eigenvalue weighted by atomic mass is 10.0. The topological polar surface area (TPSA) is 46.0 Å². The van der Waals surface area contributed by atoms with Crippen LogP contribution in [-0.2, 0) is 6.42 Å². The smallest absolute Gasteiger partial charge is 0.0939 e. The molecule has 12 heavy (non-hydrogen) atoms. The van der Waals surface area contributed by atoms with Crippen LogP contribution in [0.3, 0.4) is 0 Å². The van der Waals surface area contributed by atoms with Crippen molar-refractivity contribution >= 4 is 11.5 Å². The summed E-state index contributed by atoms with van der Waals surface area (Å²) in [5.41, 5.74) is 0.932. The Bertz CT molecular complexity index is 247. The molecule has 1 heterocycles. The van der Waals surface area contributed by atoms with E-state index in [4.69, 9.17) is 0 Å². The summed E-state index contributed by atoms with van der Waals surface area (Å²) in [6.07, 6.45) is 0.440. The Labute approximate surface area is 76.6 Å². The second-order valence-corrected chi connectivity index (χ2v) is 3.91. The molecule has 1 rings (SSSR count). The zero-order chi connectivity index (χ0) is 9.14. The first-order valence-corrected chi connectivity index (χ1v) is 4.93. The molecule has 1 aromatic rings. The second kappa shape index (κ2) is 3.96. The van der Waals surface area contributed by atoms with E-state index in [1.54, 1.807) is 0 Å². The summed E-state index contributed by atoms with van der Waals surface area (Å²) >= 11 is 1.30. The van der Waals surface area contributed by atoms with Crippen LogP contribution in [0.2, 0.25) is 0 Å². The highest BCUT2D eigenvalue weighted by Gasteiger charge is 2.18. The monoisotopic (exact) mass is 186 g/mol. The number of aryl methyl sites for hydroxylation is 1. The third-order valence-corrected chi connectivity index (χ3v) is 2.66. The van der Waals surface area contributed by atoms with Crippen LogP contribution in [0.4, 0.5) is 0 Å².